The van der Waals surface area contributed by atoms with Crippen LogP contribution in [0, 0.1) is 11.3 Å². The van der Waals surface area contributed by atoms with Crippen molar-refractivity contribution in [3.63, 3.8) is 0 Å². The molecule has 0 aromatic rings. The van der Waals surface area contributed by atoms with E-state index in [1.807, 2.05) is 0 Å². The lowest BCUT2D eigenvalue weighted by atomic mass is 9.71. The van der Waals surface area contributed by atoms with Crippen LogP contribution in [0.1, 0.15) is 40.0 Å². The number of nitrogens with one attached hydrogen (secondary N) is 2. The second kappa shape index (κ2) is 7.36. The van der Waals surface area contributed by atoms with Crippen LogP contribution in [-0.2, 0) is 9.47 Å². The van der Waals surface area contributed by atoms with Crippen molar-refractivity contribution >= 4 is 12.2 Å². The zero-order chi connectivity index (χ0) is 15.2. The van der Waals surface area contributed by atoms with Crippen LogP contribution in [0.15, 0.2) is 0 Å². The zero-order valence-corrected chi connectivity index (χ0v) is 12.8. The Labute approximate surface area is 120 Å². The lowest BCUT2D eigenvalue weighted by Gasteiger charge is -2.39. The lowest BCUT2D eigenvalue weighted by molar-refractivity contribution is 0.0155. The van der Waals surface area contributed by atoms with E-state index in [0.29, 0.717) is 13.2 Å². The number of hydrogen-bond donors (Lipinski definition) is 2. The summed E-state index contributed by atoms with van der Waals surface area (Å²) >= 11 is 0. The Balaban J connectivity index is 2.49. The molecule has 1 rings (SSSR count). The van der Waals surface area contributed by atoms with Gasteiger partial charge in [-0.25, -0.2) is 9.59 Å². The third kappa shape index (κ3) is 5.67. The standard InChI is InChI=1S/C14H26N2O4/c1-5-19-13(18)16-9-10-6-11(20-12(17)15-4)8-14(2,3)7-10/h10-11H,5-9H2,1-4H3,(H,15,17)(H,16,18). The van der Waals surface area contributed by atoms with Crippen molar-refractivity contribution in [2.75, 3.05) is 20.2 Å². The van der Waals surface area contributed by atoms with Gasteiger partial charge in [-0.2, -0.15) is 0 Å². The fourth-order valence-electron chi connectivity index (χ4n) is 2.88. The van der Waals surface area contributed by atoms with Gasteiger partial charge in [-0.15, -0.1) is 0 Å². The van der Waals surface area contributed by atoms with Crippen molar-refractivity contribution in [3.8, 4) is 0 Å². The van der Waals surface area contributed by atoms with Gasteiger partial charge in [-0.1, -0.05) is 13.8 Å². The predicted octanol–water partition coefficient (Wildman–Crippen LogP) is 2.28. The highest BCUT2D eigenvalue weighted by Crippen LogP contribution is 2.39. The molecule has 1 saturated carbocycles. The summed E-state index contributed by atoms with van der Waals surface area (Å²) in [7, 11) is 1.55. The topological polar surface area (TPSA) is 76.7 Å². The van der Waals surface area contributed by atoms with Gasteiger partial charge in [-0.3, -0.25) is 0 Å². The first-order valence-corrected chi connectivity index (χ1v) is 7.15. The summed E-state index contributed by atoms with van der Waals surface area (Å²) in [5.74, 6) is 0.290. The van der Waals surface area contributed by atoms with E-state index in [2.05, 4.69) is 24.5 Å². The number of carbonyl (C=O) groups excluding carboxylic acids is 2. The largest absolute Gasteiger partial charge is 0.450 e. The maximum atomic E-state index is 11.3. The molecule has 0 saturated heterocycles. The van der Waals surface area contributed by atoms with Crippen LogP contribution in [0.3, 0.4) is 0 Å². The predicted molar refractivity (Wildman–Crippen MR) is 75.5 cm³/mol. The second-order valence-corrected chi connectivity index (χ2v) is 6.05. The Morgan fingerprint density at radius 3 is 2.55 bits per heavy atom. The highest BCUT2D eigenvalue weighted by atomic mass is 16.6. The maximum absolute atomic E-state index is 11.3. The molecule has 2 N–H and O–H groups in total. The van der Waals surface area contributed by atoms with Crippen molar-refractivity contribution in [1.82, 2.24) is 10.6 Å². The summed E-state index contributed by atoms with van der Waals surface area (Å²) in [5.41, 5.74) is 0.0952. The van der Waals surface area contributed by atoms with E-state index in [0.717, 1.165) is 19.3 Å². The van der Waals surface area contributed by atoms with E-state index in [1.165, 1.54) is 0 Å². The maximum Gasteiger partial charge on any atom is 0.407 e. The normalized spacial score (nSPS) is 24.6. The molecule has 2 atom stereocenters. The van der Waals surface area contributed by atoms with Gasteiger partial charge in [0.1, 0.15) is 6.10 Å². The number of alkyl carbamates (subject to hydrolysis) is 2. The first kappa shape index (κ1) is 16.6. The second-order valence-electron chi connectivity index (χ2n) is 6.05. The number of amides is 2. The summed E-state index contributed by atoms with van der Waals surface area (Å²) in [5, 5.41) is 5.23. The van der Waals surface area contributed by atoms with Crippen LogP contribution in [0.2, 0.25) is 0 Å². The summed E-state index contributed by atoms with van der Waals surface area (Å²) in [4.78, 5) is 22.6. The lowest BCUT2D eigenvalue weighted by Crippen LogP contribution is -2.41. The highest BCUT2D eigenvalue weighted by Gasteiger charge is 2.35. The molecule has 1 aliphatic carbocycles. The molecule has 6 nitrogen and oxygen atoms in total. The molecule has 2 unspecified atom stereocenters. The van der Waals surface area contributed by atoms with Crippen LogP contribution >= 0.6 is 0 Å². The third-order valence-corrected chi connectivity index (χ3v) is 3.51. The average molecular weight is 286 g/mol. The number of rotatable bonds is 4. The zero-order valence-electron chi connectivity index (χ0n) is 12.8. The van der Waals surface area contributed by atoms with Gasteiger partial charge in [0, 0.05) is 13.6 Å². The summed E-state index contributed by atoms with van der Waals surface area (Å²) < 4.78 is 10.2. The molecule has 0 radical (unpaired) electrons. The first-order valence-electron chi connectivity index (χ1n) is 7.15. The molecule has 116 valence electrons. The average Bonchev–Trinajstić information content (AvgIpc) is 2.34. The van der Waals surface area contributed by atoms with Gasteiger partial charge in [-0.05, 0) is 37.5 Å². The van der Waals surface area contributed by atoms with Gasteiger partial charge in [0.25, 0.3) is 0 Å². The van der Waals surface area contributed by atoms with E-state index in [-0.39, 0.29) is 23.5 Å². The van der Waals surface area contributed by atoms with E-state index >= 15 is 0 Å². The van der Waals surface area contributed by atoms with Crippen LogP contribution in [0.25, 0.3) is 0 Å². The molecule has 1 fully saturated rings. The Hall–Kier alpha value is -1.46. The molecule has 0 aromatic carbocycles. The summed E-state index contributed by atoms with van der Waals surface area (Å²) in [6, 6.07) is 0. The van der Waals surface area contributed by atoms with Crippen molar-refractivity contribution < 1.29 is 19.1 Å². The first-order chi connectivity index (χ1) is 9.36. The van der Waals surface area contributed by atoms with Crippen molar-refractivity contribution in [1.29, 1.82) is 0 Å². The Bertz CT molecular complexity index is 344. The molecule has 2 amide bonds. The van der Waals surface area contributed by atoms with E-state index in [4.69, 9.17) is 9.47 Å². The molecule has 0 bridgehead atoms. The molecule has 20 heavy (non-hydrogen) atoms. The van der Waals surface area contributed by atoms with Crippen LogP contribution in [0.5, 0.6) is 0 Å². The van der Waals surface area contributed by atoms with Gasteiger partial charge in [0.2, 0.25) is 0 Å². The van der Waals surface area contributed by atoms with E-state index < -0.39 is 6.09 Å². The quantitative estimate of drug-likeness (QED) is 0.831. The Morgan fingerprint density at radius 1 is 1.25 bits per heavy atom. The Kier molecular flexibility index (Phi) is 6.10. The SMILES string of the molecule is CCOC(=O)NCC1CC(OC(=O)NC)CC(C)(C)C1. The van der Waals surface area contributed by atoms with Crippen LogP contribution in [0.4, 0.5) is 9.59 Å². The summed E-state index contributed by atoms with van der Waals surface area (Å²) in [6.07, 6.45) is 1.71. The Morgan fingerprint density at radius 2 is 1.95 bits per heavy atom. The minimum atomic E-state index is -0.398. The van der Waals surface area contributed by atoms with Crippen molar-refractivity contribution in [2.45, 2.75) is 46.1 Å². The van der Waals surface area contributed by atoms with Crippen LogP contribution in [-0.4, -0.2) is 38.5 Å². The molecule has 0 heterocycles. The van der Waals surface area contributed by atoms with E-state index in [9.17, 15) is 9.59 Å². The fourth-order valence-corrected chi connectivity index (χ4v) is 2.88. The molecule has 0 aromatic heterocycles. The monoisotopic (exact) mass is 286 g/mol. The minimum Gasteiger partial charge on any atom is -0.450 e. The van der Waals surface area contributed by atoms with E-state index in [1.54, 1.807) is 14.0 Å². The van der Waals surface area contributed by atoms with Crippen molar-refractivity contribution in [3.05, 3.63) is 0 Å². The van der Waals surface area contributed by atoms with Gasteiger partial charge < -0.3 is 20.1 Å². The van der Waals surface area contributed by atoms with Crippen molar-refractivity contribution in [2.24, 2.45) is 11.3 Å². The van der Waals surface area contributed by atoms with Gasteiger partial charge in [0.15, 0.2) is 0 Å². The summed E-state index contributed by atoms with van der Waals surface area (Å²) in [6.45, 7) is 7.00. The molecule has 0 aliphatic heterocycles. The van der Waals surface area contributed by atoms with Gasteiger partial charge in [0.05, 0.1) is 6.61 Å². The minimum absolute atomic E-state index is 0.0952. The molecule has 0 spiro atoms. The molecule has 1 aliphatic rings. The number of hydrogen-bond acceptors (Lipinski definition) is 4. The smallest absolute Gasteiger partial charge is 0.407 e. The van der Waals surface area contributed by atoms with Crippen LogP contribution < -0.4 is 10.6 Å². The number of ether oxygens (including phenoxy) is 2. The fraction of sp³-hybridized carbons (Fsp3) is 0.857. The molecular weight excluding hydrogens is 260 g/mol. The highest BCUT2D eigenvalue weighted by molar-refractivity contribution is 5.67. The number of carbonyl (C=O) groups is 2. The third-order valence-electron chi connectivity index (χ3n) is 3.51. The van der Waals surface area contributed by atoms with Gasteiger partial charge >= 0.3 is 12.2 Å². The molecular formula is C14H26N2O4. The molecule has 6 heteroatoms.